The number of carbonyl (C=O) groups is 1. The van der Waals surface area contributed by atoms with E-state index < -0.39 is 15.9 Å². The molecule has 2 fully saturated rings. The summed E-state index contributed by atoms with van der Waals surface area (Å²) in [6.45, 7) is 3.74. The van der Waals surface area contributed by atoms with Crippen LogP contribution in [-0.4, -0.2) is 55.0 Å². The summed E-state index contributed by atoms with van der Waals surface area (Å²) >= 11 is 0. The van der Waals surface area contributed by atoms with Crippen LogP contribution in [0.5, 0.6) is 0 Å². The van der Waals surface area contributed by atoms with Gasteiger partial charge in [-0.15, -0.1) is 0 Å². The lowest BCUT2D eigenvalue weighted by molar-refractivity contribution is 0.102. The van der Waals surface area contributed by atoms with Gasteiger partial charge in [-0.05, 0) is 54.8 Å². The highest BCUT2D eigenvalue weighted by molar-refractivity contribution is 7.89. The number of aromatic nitrogens is 2. The zero-order valence-corrected chi connectivity index (χ0v) is 19.6. The van der Waals surface area contributed by atoms with Crippen LogP contribution in [0.25, 0.3) is 0 Å². The molecule has 1 aromatic heterocycles. The summed E-state index contributed by atoms with van der Waals surface area (Å²) in [6, 6.07) is 14.0. The molecule has 1 saturated carbocycles. The number of hydrogen-bond acceptors (Lipinski definition) is 5. The number of amides is 1. The molecular formula is C24H26FN5O3S. The molecule has 3 aromatic rings. The Hall–Kier alpha value is -3.24. The predicted octanol–water partition coefficient (Wildman–Crippen LogP) is 3.44. The number of nitrogens with one attached hydrogen (secondary N) is 2. The highest BCUT2D eigenvalue weighted by atomic mass is 32.2. The van der Waals surface area contributed by atoms with E-state index in [1.165, 1.54) is 28.6 Å². The van der Waals surface area contributed by atoms with E-state index in [4.69, 9.17) is 0 Å². The van der Waals surface area contributed by atoms with Crippen LogP contribution in [0.15, 0.2) is 59.5 Å². The van der Waals surface area contributed by atoms with Crippen molar-refractivity contribution in [3.8, 4) is 0 Å². The smallest absolute Gasteiger partial charge is 0.256 e. The van der Waals surface area contributed by atoms with E-state index in [0.717, 1.165) is 17.8 Å². The summed E-state index contributed by atoms with van der Waals surface area (Å²) in [6.07, 6.45) is 1.10. The predicted molar refractivity (Wildman–Crippen MR) is 127 cm³/mol. The summed E-state index contributed by atoms with van der Waals surface area (Å²) in [7, 11) is -3.76. The minimum atomic E-state index is -3.76. The minimum absolute atomic E-state index is 0.0740. The van der Waals surface area contributed by atoms with E-state index in [1.807, 2.05) is 11.0 Å². The number of nitrogens with zero attached hydrogens (tertiary/aromatic N) is 3. The molecule has 10 heteroatoms. The number of anilines is 2. The van der Waals surface area contributed by atoms with Crippen molar-refractivity contribution >= 4 is 27.4 Å². The number of aromatic amines is 1. The van der Waals surface area contributed by atoms with Crippen molar-refractivity contribution in [1.29, 1.82) is 0 Å². The lowest BCUT2D eigenvalue weighted by Crippen LogP contribution is -2.48. The standard InChI is InChI=1S/C24H26FN5O3S/c1-16-13-21(16)22-15-23(28-27-22)26-24(31)17-3-2-4-20(14-17)34(32,33)30-11-9-29(10-12-30)19-7-5-18(25)6-8-19/h2-8,14-16,21H,9-13H2,1H3,(H2,26,27,28,31). The van der Waals surface area contributed by atoms with Crippen LogP contribution in [0.2, 0.25) is 0 Å². The normalized spacial score (nSPS) is 20.8. The average molecular weight is 484 g/mol. The second kappa shape index (κ2) is 8.84. The first-order chi connectivity index (χ1) is 16.3. The van der Waals surface area contributed by atoms with Crippen molar-refractivity contribution in [2.24, 2.45) is 5.92 Å². The SMILES string of the molecule is CC1CC1c1cc(NC(=O)c2cccc(S(=O)(=O)N3CCN(c4ccc(F)cc4)CC3)c2)n[nH]1. The van der Waals surface area contributed by atoms with Crippen LogP contribution < -0.4 is 10.2 Å². The zero-order chi connectivity index (χ0) is 23.9. The van der Waals surface area contributed by atoms with Crippen molar-refractivity contribution < 1.29 is 17.6 Å². The fourth-order valence-electron chi connectivity index (χ4n) is 4.32. The first-order valence-electron chi connectivity index (χ1n) is 11.3. The molecule has 0 bridgehead atoms. The molecule has 0 spiro atoms. The van der Waals surface area contributed by atoms with E-state index in [9.17, 15) is 17.6 Å². The maximum atomic E-state index is 13.2. The monoisotopic (exact) mass is 483 g/mol. The number of benzene rings is 2. The van der Waals surface area contributed by atoms with Crippen molar-refractivity contribution in [3.63, 3.8) is 0 Å². The molecule has 1 aliphatic heterocycles. The van der Waals surface area contributed by atoms with Gasteiger partial charge in [0.05, 0.1) is 4.90 Å². The van der Waals surface area contributed by atoms with Crippen molar-refractivity contribution in [2.45, 2.75) is 24.2 Å². The van der Waals surface area contributed by atoms with E-state index >= 15 is 0 Å². The summed E-state index contributed by atoms with van der Waals surface area (Å²) in [5.74, 6) is 0.766. The van der Waals surface area contributed by atoms with Gasteiger partial charge in [0.1, 0.15) is 5.82 Å². The highest BCUT2D eigenvalue weighted by Gasteiger charge is 2.35. The second-order valence-corrected chi connectivity index (χ2v) is 10.8. The zero-order valence-electron chi connectivity index (χ0n) is 18.7. The lowest BCUT2D eigenvalue weighted by Gasteiger charge is -2.35. The molecule has 2 aliphatic rings. The van der Waals surface area contributed by atoms with E-state index in [1.54, 1.807) is 24.3 Å². The molecule has 1 aliphatic carbocycles. The molecule has 178 valence electrons. The minimum Gasteiger partial charge on any atom is -0.369 e. The Labute approximate surface area is 197 Å². The van der Waals surface area contributed by atoms with Crippen LogP contribution in [-0.2, 0) is 10.0 Å². The Morgan fingerprint density at radius 3 is 2.47 bits per heavy atom. The van der Waals surface area contributed by atoms with Crippen LogP contribution in [0.3, 0.4) is 0 Å². The number of piperazine rings is 1. The van der Waals surface area contributed by atoms with Gasteiger partial charge in [-0.3, -0.25) is 9.89 Å². The lowest BCUT2D eigenvalue weighted by atomic mass is 10.2. The Bertz CT molecular complexity index is 1300. The fourth-order valence-corrected chi connectivity index (χ4v) is 5.79. The molecule has 2 aromatic carbocycles. The van der Waals surface area contributed by atoms with Gasteiger partial charge >= 0.3 is 0 Å². The molecule has 1 saturated heterocycles. The van der Waals surface area contributed by atoms with Gasteiger partial charge in [0.15, 0.2) is 5.82 Å². The third-order valence-corrected chi connectivity index (χ3v) is 8.41. The van der Waals surface area contributed by atoms with Gasteiger partial charge in [0.2, 0.25) is 10.0 Å². The Morgan fingerprint density at radius 2 is 1.79 bits per heavy atom. The average Bonchev–Trinajstić information content (AvgIpc) is 3.40. The molecule has 2 atom stereocenters. The topological polar surface area (TPSA) is 98.4 Å². The van der Waals surface area contributed by atoms with Crippen LogP contribution in [0, 0.1) is 11.7 Å². The fraction of sp³-hybridized carbons (Fsp3) is 0.333. The first kappa shape index (κ1) is 22.5. The summed E-state index contributed by atoms with van der Waals surface area (Å²) in [5.41, 5.74) is 2.10. The maximum Gasteiger partial charge on any atom is 0.256 e. The molecule has 2 heterocycles. The Kier molecular flexibility index (Phi) is 5.86. The van der Waals surface area contributed by atoms with Crippen LogP contribution >= 0.6 is 0 Å². The van der Waals surface area contributed by atoms with Crippen LogP contribution in [0.4, 0.5) is 15.9 Å². The number of carbonyl (C=O) groups excluding carboxylic acids is 1. The molecule has 2 unspecified atom stereocenters. The molecule has 2 N–H and O–H groups in total. The molecule has 8 nitrogen and oxygen atoms in total. The quantitative estimate of drug-likeness (QED) is 0.560. The van der Waals surface area contributed by atoms with Crippen molar-refractivity contribution in [3.05, 3.63) is 71.7 Å². The molecule has 5 rings (SSSR count). The largest absolute Gasteiger partial charge is 0.369 e. The third-order valence-electron chi connectivity index (χ3n) is 6.51. The van der Waals surface area contributed by atoms with Crippen LogP contribution in [0.1, 0.15) is 35.3 Å². The van der Waals surface area contributed by atoms with E-state index in [2.05, 4.69) is 22.4 Å². The summed E-state index contributed by atoms with van der Waals surface area (Å²) < 4.78 is 41.1. The second-order valence-electron chi connectivity index (χ2n) is 8.88. The van der Waals surface area contributed by atoms with Gasteiger partial charge in [-0.1, -0.05) is 13.0 Å². The number of H-pyrrole nitrogens is 1. The molecule has 0 radical (unpaired) electrons. The third kappa shape index (κ3) is 4.55. The molecule has 34 heavy (non-hydrogen) atoms. The Morgan fingerprint density at radius 1 is 1.09 bits per heavy atom. The first-order valence-corrected chi connectivity index (χ1v) is 12.7. The van der Waals surface area contributed by atoms with Gasteiger partial charge in [0.25, 0.3) is 5.91 Å². The van der Waals surface area contributed by atoms with Gasteiger partial charge in [0, 0.05) is 55.1 Å². The number of halogens is 1. The molecular weight excluding hydrogens is 457 g/mol. The highest BCUT2D eigenvalue weighted by Crippen LogP contribution is 2.46. The van der Waals surface area contributed by atoms with E-state index in [-0.39, 0.29) is 16.3 Å². The van der Waals surface area contributed by atoms with E-state index in [0.29, 0.717) is 43.8 Å². The number of rotatable bonds is 6. The van der Waals surface area contributed by atoms with Crippen molar-refractivity contribution in [1.82, 2.24) is 14.5 Å². The summed E-state index contributed by atoms with van der Waals surface area (Å²) in [5, 5.41) is 9.85. The molecule has 1 amide bonds. The van der Waals surface area contributed by atoms with Gasteiger partial charge in [-0.2, -0.15) is 9.40 Å². The Balaban J connectivity index is 1.25. The van der Waals surface area contributed by atoms with Gasteiger partial charge < -0.3 is 10.2 Å². The van der Waals surface area contributed by atoms with Crippen molar-refractivity contribution in [2.75, 3.05) is 36.4 Å². The van der Waals surface area contributed by atoms with Gasteiger partial charge in [-0.25, -0.2) is 12.8 Å². The number of hydrogen-bond donors (Lipinski definition) is 2. The number of sulfonamides is 1. The summed E-state index contributed by atoms with van der Waals surface area (Å²) in [4.78, 5) is 14.8. The maximum absolute atomic E-state index is 13.2.